The maximum absolute atomic E-state index is 12.6. The Hall–Kier alpha value is -2.18. The lowest BCUT2D eigenvalue weighted by molar-refractivity contribution is -0.118. The Kier molecular flexibility index (Phi) is 6.06. The Morgan fingerprint density at radius 2 is 1.96 bits per heavy atom. The maximum atomic E-state index is 12.6. The Balaban J connectivity index is 1.57. The number of nitrogens with zero attached hydrogens (tertiary/aromatic N) is 3. The highest BCUT2D eigenvalue weighted by atomic mass is 16.2. The van der Waals surface area contributed by atoms with E-state index in [4.69, 9.17) is 0 Å². The number of carbonyl (C=O) groups is 1. The number of aryl methyl sites for hydroxylation is 1. The van der Waals surface area contributed by atoms with Crippen LogP contribution in [0.5, 0.6) is 0 Å². The van der Waals surface area contributed by atoms with E-state index in [2.05, 4.69) is 39.7 Å². The average molecular weight is 355 g/mol. The summed E-state index contributed by atoms with van der Waals surface area (Å²) in [5, 5.41) is 10.2. The van der Waals surface area contributed by atoms with Crippen molar-refractivity contribution in [2.75, 3.05) is 25.5 Å². The van der Waals surface area contributed by atoms with E-state index in [1.54, 1.807) is 17.9 Å². The van der Waals surface area contributed by atoms with Crippen molar-refractivity contribution in [2.45, 2.75) is 32.4 Å². The third kappa shape index (κ3) is 4.71. The van der Waals surface area contributed by atoms with Crippen molar-refractivity contribution in [1.29, 1.82) is 0 Å². The number of benzene rings is 1. The van der Waals surface area contributed by atoms with Gasteiger partial charge in [-0.15, -0.1) is 0 Å². The molecule has 1 fully saturated rings. The molecular weight excluding hydrogens is 326 g/mol. The number of rotatable bonds is 6. The van der Waals surface area contributed by atoms with Crippen molar-refractivity contribution in [2.24, 2.45) is 13.0 Å². The Labute approximate surface area is 155 Å². The molecule has 0 aliphatic carbocycles. The number of piperidine rings is 1. The fourth-order valence-corrected chi connectivity index (χ4v) is 3.42. The lowest BCUT2D eigenvalue weighted by atomic mass is 9.99. The highest BCUT2D eigenvalue weighted by Crippen LogP contribution is 2.20. The lowest BCUT2D eigenvalue weighted by Crippen LogP contribution is -2.32. The predicted molar refractivity (Wildman–Crippen MR) is 104 cm³/mol. The fraction of sp³-hybridized carbons (Fsp3) is 0.500. The molecule has 0 saturated carbocycles. The number of anilines is 1. The molecule has 1 aliphatic heterocycles. The number of carbonyl (C=O) groups excluding carboxylic acids is 1. The Bertz CT molecular complexity index is 716. The van der Waals surface area contributed by atoms with Gasteiger partial charge in [-0.25, -0.2) is 0 Å². The second-order valence-corrected chi connectivity index (χ2v) is 7.31. The fourth-order valence-electron chi connectivity index (χ4n) is 3.42. The largest absolute Gasteiger partial charge is 0.324 e. The lowest BCUT2D eigenvalue weighted by Gasteiger charge is -2.30. The van der Waals surface area contributed by atoms with E-state index in [0.717, 1.165) is 23.7 Å². The van der Waals surface area contributed by atoms with E-state index in [-0.39, 0.29) is 5.91 Å². The quantitative estimate of drug-likeness (QED) is 0.836. The van der Waals surface area contributed by atoms with Crippen molar-refractivity contribution < 1.29 is 4.79 Å². The third-order valence-corrected chi connectivity index (χ3v) is 5.11. The van der Waals surface area contributed by atoms with Crippen LogP contribution in [0.3, 0.4) is 0 Å². The molecule has 3 rings (SSSR count). The smallest absolute Gasteiger partial charge is 0.246 e. The third-order valence-electron chi connectivity index (χ3n) is 5.11. The molecule has 1 unspecified atom stereocenters. The molecule has 1 aliphatic rings. The van der Waals surface area contributed by atoms with Gasteiger partial charge >= 0.3 is 0 Å². The molecule has 0 spiro atoms. The SMILES string of the molecule is CNC(C(=O)Nc1ccc(CN2CCC(C)CC2)cc1)c1cnn(C)c1. The second-order valence-electron chi connectivity index (χ2n) is 7.31. The summed E-state index contributed by atoms with van der Waals surface area (Å²) in [6, 6.07) is 7.75. The van der Waals surface area contributed by atoms with E-state index in [9.17, 15) is 4.79 Å². The van der Waals surface area contributed by atoms with Gasteiger partial charge in [0.15, 0.2) is 0 Å². The van der Waals surface area contributed by atoms with Gasteiger partial charge in [0.05, 0.1) is 6.20 Å². The standard InChI is InChI=1S/C20H29N5O/c1-15-8-10-25(11-9-15)13-16-4-6-18(7-5-16)23-20(26)19(21-2)17-12-22-24(3)14-17/h4-7,12,14-15,19,21H,8-11,13H2,1-3H3,(H,23,26). The van der Waals surface area contributed by atoms with Gasteiger partial charge in [0, 0.05) is 31.0 Å². The van der Waals surface area contributed by atoms with Crippen molar-refractivity contribution in [3.05, 3.63) is 47.8 Å². The summed E-state index contributed by atoms with van der Waals surface area (Å²) in [6.07, 6.45) is 6.13. The minimum Gasteiger partial charge on any atom is -0.324 e. The summed E-state index contributed by atoms with van der Waals surface area (Å²) in [5.41, 5.74) is 2.95. The number of nitrogens with one attached hydrogen (secondary N) is 2. The maximum Gasteiger partial charge on any atom is 0.246 e. The Morgan fingerprint density at radius 1 is 1.27 bits per heavy atom. The van der Waals surface area contributed by atoms with Gasteiger partial charge in [-0.05, 0) is 56.6 Å². The summed E-state index contributed by atoms with van der Waals surface area (Å²) in [6.45, 7) is 5.66. The first-order valence-electron chi connectivity index (χ1n) is 9.33. The zero-order valence-corrected chi connectivity index (χ0v) is 15.9. The monoisotopic (exact) mass is 355 g/mol. The van der Waals surface area contributed by atoms with Gasteiger partial charge in [-0.2, -0.15) is 5.10 Å². The molecule has 0 radical (unpaired) electrons. The molecule has 6 heteroatoms. The second kappa shape index (κ2) is 8.47. The highest BCUT2D eigenvalue weighted by molar-refractivity contribution is 5.95. The van der Waals surface area contributed by atoms with Crippen LogP contribution < -0.4 is 10.6 Å². The zero-order valence-electron chi connectivity index (χ0n) is 15.9. The molecule has 2 aromatic rings. The van der Waals surface area contributed by atoms with Crippen LogP contribution >= 0.6 is 0 Å². The van der Waals surface area contributed by atoms with Gasteiger partial charge in [-0.3, -0.25) is 14.4 Å². The molecule has 1 aromatic carbocycles. The molecule has 1 amide bonds. The minimum absolute atomic E-state index is 0.0849. The Morgan fingerprint density at radius 3 is 2.54 bits per heavy atom. The first-order valence-corrected chi connectivity index (χ1v) is 9.33. The van der Waals surface area contributed by atoms with E-state index in [1.165, 1.54) is 31.5 Å². The molecule has 2 N–H and O–H groups in total. The highest BCUT2D eigenvalue weighted by Gasteiger charge is 2.20. The van der Waals surface area contributed by atoms with Crippen LogP contribution in [0.15, 0.2) is 36.7 Å². The van der Waals surface area contributed by atoms with Crippen LogP contribution in [0.2, 0.25) is 0 Å². The van der Waals surface area contributed by atoms with Crippen LogP contribution in [0.4, 0.5) is 5.69 Å². The van der Waals surface area contributed by atoms with Gasteiger partial charge in [0.1, 0.15) is 6.04 Å². The van der Waals surface area contributed by atoms with Crippen LogP contribution in [0.1, 0.15) is 36.9 Å². The molecule has 0 bridgehead atoms. The van der Waals surface area contributed by atoms with E-state index in [0.29, 0.717) is 0 Å². The molecule has 140 valence electrons. The summed E-state index contributed by atoms with van der Waals surface area (Å²) < 4.78 is 1.70. The zero-order chi connectivity index (χ0) is 18.5. The first-order chi connectivity index (χ1) is 12.5. The first kappa shape index (κ1) is 18.6. The predicted octanol–water partition coefficient (Wildman–Crippen LogP) is 2.55. The summed E-state index contributed by atoms with van der Waals surface area (Å²) >= 11 is 0. The van der Waals surface area contributed by atoms with Crippen molar-refractivity contribution in [1.82, 2.24) is 20.0 Å². The van der Waals surface area contributed by atoms with Crippen LogP contribution in [-0.4, -0.2) is 40.7 Å². The van der Waals surface area contributed by atoms with Crippen molar-refractivity contribution in [3.63, 3.8) is 0 Å². The number of likely N-dealkylation sites (N-methyl/N-ethyl adjacent to an activating group) is 1. The minimum atomic E-state index is -0.418. The number of aromatic nitrogens is 2. The number of hydrogen-bond acceptors (Lipinski definition) is 4. The molecule has 2 heterocycles. The molecular formula is C20H29N5O. The van der Waals surface area contributed by atoms with E-state index < -0.39 is 6.04 Å². The van der Waals surface area contributed by atoms with E-state index >= 15 is 0 Å². The molecule has 26 heavy (non-hydrogen) atoms. The summed E-state index contributed by atoms with van der Waals surface area (Å²) in [7, 11) is 3.62. The summed E-state index contributed by atoms with van der Waals surface area (Å²) in [5.74, 6) is 0.766. The number of hydrogen-bond donors (Lipinski definition) is 2. The topological polar surface area (TPSA) is 62.2 Å². The molecule has 1 aromatic heterocycles. The van der Waals surface area contributed by atoms with Gasteiger partial charge in [0.25, 0.3) is 0 Å². The van der Waals surface area contributed by atoms with Crippen molar-refractivity contribution in [3.8, 4) is 0 Å². The average Bonchev–Trinajstić information content (AvgIpc) is 3.05. The van der Waals surface area contributed by atoms with Crippen LogP contribution in [0.25, 0.3) is 0 Å². The number of amides is 1. The van der Waals surface area contributed by atoms with Crippen LogP contribution in [0, 0.1) is 5.92 Å². The van der Waals surface area contributed by atoms with Gasteiger partial charge in [0.2, 0.25) is 5.91 Å². The normalized spacial score (nSPS) is 17.2. The molecule has 6 nitrogen and oxygen atoms in total. The summed E-state index contributed by atoms with van der Waals surface area (Å²) in [4.78, 5) is 15.1. The molecule has 1 saturated heterocycles. The van der Waals surface area contributed by atoms with E-state index in [1.807, 2.05) is 25.4 Å². The van der Waals surface area contributed by atoms with Crippen molar-refractivity contribution >= 4 is 11.6 Å². The number of likely N-dealkylation sites (tertiary alicyclic amines) is 1. The molecule has 1 atom stereocenters. The van der Waals surface area contributed by atoms with Gasteiger partial charge < -0.3 is 10.6 Å². The van der Waals surface area contributed by atoms with Gasteiger partial charge in [-0.1, -0.05) is 19.1 Å². The van der Waals surface area contributed by atoms with Crippen LogP contribution in [-0.2, 0) is 18.4 Å².